The number of hydrazone groups is 1. The molecule has 1 aliphatic rings. The van der Waals surface area contributed by atoms with E-state index in [4.69, 9.17) is 4.74 Å². The summed E-state index contributed by atoms with van der Waals surface area (Å²) in [7, 11) is 0. The highest BCUT2D eigenvalue weighted by Gasteiger charge is 2.19. The minimum Gasteiger partial charge on any atom is -0.372 e. The lowest BCUT2D eigenvalue weighted by Crippen LogP contribution is -2.07. The van der Waals surface area contributed by atoms with Crippen LogP contribution in [0.25, 0.3) is 0 Å². The number of rotatable bonds is 5. The van der Waals surface area contributed by atoms with Crippen LogP contribution in [0.2, 0.25) is 0 Å². The Morgan fingerprint density at radius 2 is 2.15 bits per heavy atom. The first-order valence-corrected chi connectivity index (χ1v) is 5.91. The second kappa shape index (κ2) is 6.06. The van der Waals surface area contributed by atoms with Gasteiger partial charge < -0.3 is 4.74 Å². The average Bonchev–Trinajstić information content (AvgIpc) is 2.91. The first-order valence-electron chi connectivity index (χ1n) is 5.91. The quantitative estimate of drug-likeness (QED) is 0.500. The lowest BCUT2D eigenvalue weighted by molar-refractivity contribution is -0.393. The van der Waals surface area contributed by atoms with Crippen LogP contribution in [0.3, 0.4) is 0 Å². The summed E-state index contributed by atoms with van der Waals surface area (Å²) in [4.78, 5) is 20.1. The lowest BCUT2D eigenvalue weighted by Gasteiger charge is -2.03. The van der Waals surface area contributed by atoms with E-state index in [9.17, 15) is 20.2 Å². The predicted octanol–water partition coefficient (Wildman–Crippen LogP) is 2.08. The van der Waals surface area contributed by atoms with Crippen LogP contribution in [-0.4, -0.2) is 28.8 Å². The fourth-order valence-electron chi connectivity index (χ4n) is 1.79. The maximum Gasteiger partial charge on any atom is 0.301 e. The topological polar surface area (TPSA) is 120 Å². The molecule has 9 nitrogen and oxygen atoms in total. The molecule has 1 fully saturated rings. The molecule has 1 N–H and O–H groups in total. The van der Waals surface area contributed by atoms with E-state index in [1.165, 1.54) is 18.3 Å². The molecule has 0 spiro atoms. The summed E-state index contributed by atoms with van der Waals surface area (Å²) in [6.07, 6.45) is 3.24. The molecule has 0 aliphatic carbocycles. The molecule has 106 valence electrons. The Labute approximate surface area is 113 Å². The van der Waals surface area contributed by atoms with Gasteiger partial charge >= 0.3 is 5.69 Å². The first-order chi connectivity index (χ1) is 9.58. The van der Waals surface area contributed by atoms with Crippen molar-refractivity contribution in [1.29, 1.82) is 0 Å². The van der Waals surface area contributed by atoms with E-state index in [1.54, 1.807) is 0 Å². The molecule has 2 rings (SSSR count). The highest BCUT2D eigenvalue weighted by molar-refractivity contribution is 5.69. The summed E-state index contributed by atoms with van der Waals surface area (Å²) in [6, 6.07) is 3.32. The number of hydrogen-bond acceptors (Lipinski definition) is 7. The maximum absolute atomic E-state index is 10.9. The normalized spacial score (nSPS) is 18.3. The summed E-state index contributed by atoms with van der Waals surface area (Å²) in [6.45, 7) is 0.675. The Morgan fingerprint density at radius 3 is 2.75 bits per heavy atom. The Morgan fingerprint density at radius 1 is 1.35 bits per heavy atom. The van der Waals surface area contributed by atoms with Crippen molar-refractivity contribution in [2.45, 2.75) is 18.9 Å². The maximum atomic E-state index is 10.9. The van der Waals surface area contributed by atoms with Gasteiger partial charge in [0.1, 0.15) is 5.69 Å². The van der Waals surface area contributed by atoms with E-state index in [0.717, 1.165) is 18.9 Å². The summed E-state index contributed by atoms with van der Waals surface area (Å²) in [5, 5.41) is 25.3. The molecule has 1 saturated heterocycles. The molecule has 0 saturated carbocycles. The lowest BCUT2D eigenvalue weighted by atomic mass is 10.2. The molecule has 1 aromatic rings. The fraction of sp³-hybridized carbons (Fsp3) is 0.364. The third-order valence-electron chi connectivity index (χ3n) is 2.78. The number of non-ortho nitro benzene ring substituents is 1. The standard InChI is InChI=1S/C11H12N4O5/c16-14(17)8-3-4-10(11(6-8)15(18)19)13-12-7-9-2-1-5-20-9/h3-4,6-7,9,13H,1-2,5H2/b12-7+. The summed E-state index contributed by atoms with van der Waals surface area (Å²) in [5.41, 5.74) is 1.86. The Balaban J connectivity index is 2.13. The minimum atomic E-state index is -0.697. The van der Waals surface area contributed by atoms with Crippen LogP contribution in [0, 0.1) is 20.2 Å². The monoisotopic (exact) mass is 280 g/mol. The predicted molar refractivity (Wildman–Crippen MR) is 70.8 cm³/mol. The fourth-order valence-corrected chi connectivity index (χ4v) is 1.79. The van der Waals surface area contributed by atoms with Gasteiger partial charge in [0, 0.05) is 12.7 Å². The number of ether oxygens (including phenoxy) is 1. The minimum absolute atomic E-state index is 0.0925. The van der Waals surface area contributed by atoms with Crippen LogP contribution in [0.4, 0.5) is 17.1 Å². The molecule has 20 heavy (non-hydrogen) atoms. The largest absolute Gasteiger partial charge is 0.372 e. The number of nitrogens with zero attached hydrogens (tertiary/aromatic N) is 3. The third kappa shape index (κ3) is 3.26. The highest BCUT2D eigenvalue weighted by Crippen LogP contribution is 2.28. The molecule has 1 unspecified atom stereocenters. The zero-order valence-electron chi connectivity index (χ0n) is 10.4. The van der Waals surface area contributed by atoms with Crippen molar-refractivity contribution in [1.82, 2.24) is 0 Å². The van der Waals surface area contributed by atoms with E-state index in [1.807, 2.05) is 0 Å². The van der Waals surface area contributed by atoms with E-state index in [0.29, 0.717) is 6.61 Å². The van der Waals surface area contributed by atoms with Crippen LogP contribution >= 0.6 is 0 Å². The molecule has 0 bridgehead atoms. The van der Waals surface area contributed by atoms with Crippen molar-refractivity contribution >= 4 is 23.3 Å². The second-order valence-corrected chi connectivity index (χ2v) is 4.16. The molecule has 1 heterocycles. The van der Waals surface area contributed by atoms with Gasteiger partial charge in [-0.1, -0.05) is 0 Å². The van der Waals surface area contributed by atoms with E-state index < -0.39 is 15.5 Å². The summed E-state index contributed by atoms with van der Waals surface area (Å²) < 4.78 is 5.31. The van der Waals surface area contributed by atoms with Crippen molar-refractivity contribution in [3.05, 3.63) is 38.4 Å². The molecule has 0 aromatic heterocycles. The zero-order chi connectivity index (χ0) is 14.5. The number of hydrogen-bond donors (Lipinski definition) is 1. The van der Waals surface area contributed by atoms with E-state index >= 15 is 0 Å². The van der Waals surface area contributed by atoms with Gasteiger partial charge in [0.15, 0.2) is 0 Å². The smallest absolute Gasteiger partial charge is 0.301 e. The molecule has 1 aliphatic heterocycles. The molecule has 0 radical (unpaired) electrons. The molecule has 0 amide bonds. The summed E-state index contributed by atoms with van der Waals surface area (Å²) >= 11 is 0. The Hall–Kier alpha value is -2.55. The van der Waals surface area contributed by atoms with Crippen molar-refractivity contribution < 1.29 is 14.6 Å². The van der Waals surface area contributed by atoms with E-state index in [-0.39, 0.29) is 17.5 Å². The SMILES string of the molecule is O=[N+]([O-])c1ccc(N/N=C/C2CCCO2)c([N+](=O)[O-])c1. The first kappa shape index (κ1) is 13.9. The van der Waals surface area contributed by atoms with E-state index in [2.05, 4.69) is 10.5 Å². The van der Waals surface area contributed by atoms with Crippen molar-refractivity contribution in [3.63, 3.8) is 0 Å². The van der Waals surface area contributed by atoms with Crippen LogP contribution in [0.5, 0.6) is 0 Å². The average molecular weight is 280 g/mol. The molecule has 1 aromatic carbocycles. The van der Waals surface area contributed by atoms with Gasteiger partial charge in [-0.2, -0.15) is 5.10 Å². The van der Waals surface area contributed by atoms with Crippen LogP contribution in [0.15, 0.2) is 23.3 Å². The third-order valence-corrected chi connectivity index (χ3v) is 2.78. The van der Waals surface area contributed by atoms with Crippen molar-refractivity contribution in [2.24, 2.45) is 5.10 Å². The van der Waals surface area contributed by atoms with Gasteiger partial charge in [0.05, 0.1) is 28.2 Å². The number of nitro benzene ring substituents is 2. The van der Waals surface area contributed by atoms with Gasteiger partial charge in [0.2, 0.25) is 0 Å². The Bertz CT molecular complexity index is 554. The number of nitro groups is 2. The van der Waals surface area contributed by atoms with Gasteiger partial charge in [-0.15, -0.1) is 0 Å². The second-order valence-electron chi connectivity index (χ2n) is 4.16. The zero-order valence-corrected chi connectivity index (χ0v) is 10.4. The number of nitrogens with one attached hydrogen (secondary N) is 1. The van der Waals surface area contributed by atoms with Crippen LogP contribution in [0.1, 0.15) is 12.8 Å². The van der Waals surface area contributed by atoms with Gasteiger partial charge in [0.25, 0.3) is 5.69 Å². The molecular formula is C11H12N4O5. The highest BCUT2D eigenvalue weighted by atomic mass is 16.6. The van der Waals surface area contributed by atoms with Gasteiger partial charge in [-0.05, 0) is 18.9 Å². The van der Waals surface area contributed by atoms with Crippen LogP contribution < -0.4 is 5.43 Å². The van der Waals surface area contributed by atoms with Gasteiger partial charge in [-0.3, -0.25) is 25.7 Å². The molecule has 1 atom stereocenters. The van der Waals surface area contributed by atoms with Crippen molar-refractivity contribution in [3.8, 4) is 0 Å². The Kier molecular flexibility index (Phi) is 4.20. The molecule has 9 heteroatoms. The van der Waals surface area contributed by atoms with Gasteiger partial charge in [-0.25, -0.2) is 0 Å². The van der Waals surface area contributed by atoms with Crippen LogP contribution in [-0.2, 0) is 4.74 Å². The molecular weight excluding hydrogens is 268 g/mol. The number of benzene rings is 1. The number of anilines is 1. The van der Waals surface area contributed by atoms with Crippen molar-refractivity contribution in [2.75, 3.05) is 12.0 Å². The summed E-state index contributed by atoms with van der Waals surface area (Å²) in [5.74, 6) is 0.